The number of rotatable bonds is 4. The lowest BCUT2D eigenvalue weighted by Crippen LogP contribution is -2.33. The minimum atomic E-state index is -0.387. The molecular formula is C15H21Cl2NO. The topological polar surface area (TPSA) is 46.2 Å². The summed E-state index contributed by atoms with van der Waals surface area (Å²) in [6.07, 6.45) is 5.50. The second-order valence-electron chi connectivity index (χ2n) is 5.40. The summed E-state index contributed by atoms with van der Waals surface area (Å²) < 4.78 is 0. The van der Waals surface area contributed by atoms with Crippen LogP contribution in [0.4, 0.5) is 0 Å². The predicted octanol–water partition coefficient (Wildman–Crippen LogP) is 3.98. The molecule has 2 rings (SSSR count). The fourth-order valence-corrected chi connectivity index (χ4v) is 3.33. The molecule has 0 amide bonds. The largest absolute Gasteiger partial charge is 0.392 e. The van der Waals surface area contributed by atoms with Crippen molar-refractivity contribution in [1.29, 1.82) is 0 Å². The molecule has 1 aromatic rings. The van der Waals surface area contributed by atoms with Gasteiger partial charge in [-0.3, -0.25) is 0 Å². The standard InChI is InChI=1S/C15H21Cl2NO/c16-13-7-6-11(8-14(13)17)12(9-18)15(19)10-4-2-1-3-5-10/h6-8,10,12,15,19H,1-5,9,18H2. The maximum Gasteiger partial charge on any atom is 0.0648 e. The number of hydrogen-bond acceptors (Lipinski definition) is 2. The molecule has 0 spiro atoms. The summed E-state index contributed by atoms with van der Waals surface area (Å²) in [6.45, 7) is 0.426. The highest BCUT2D eigenvalue weighted by Crippen LogP contribution is 2.34. The Morgan fingerprint density at radius 1 is 1.16 bits per heavy atom. The zero-order valence-corrected chi connectivity index (χ0v) is 12.5. The summed E-state index contributed by atoms with van der Waals surface area (Å²) in [5, 5.41) is 11.6. The van der Waals surface area contributed by atoms with Gasteiger partial charge >= 0.3 is 0 Å². The first-order valence-corrected chi connectivity index (χ1v) is 7.72. The quantitative estimate of drug-likeness (QED) is 0.884. The monoisotopic (exact) mass is 301 g/mol. The Bertz CT molecular complexity index is 419. The van der Waals surface area contributed by atoms with Crippen molar-refractivity contribution in [3.05, 3.63) is 33.8 Å². The molecule has 0 bridgehead atoms. The molecule has 2 atom stereocenters. The number of hydrogen-bond donors (Lipinski definition) is 2. The van der Waals surface area contributed by atoms with E-state index in [1.54, 1.807) is 6.07 Å². The Balaban J connectivity index is 2.15. The Morgan fingerprint density at radius 2 is 1.84 bits per heavy atom. The van der Waals surface area contributed by atoms with Gasteiger partial charge in [0.25, 0.3) is 0 Å². The van der Waals surface area contributed by atoms with Gasteiger partial charge in [-0.1, -0.05) is 48.5 Å². The van der Waals surface area contributed by atoms with Crippen molar-refractivity contribution in [3.8, 4) is 0 Å². The van der Waals surface area contributed by atoms with Crippen LogP contribution in [0.5, 0.6) is 0 Å². The lowest BCUT2D eigenvalue weighted by Gasteiger charge is -2.32. The molecule has 1 saturated carbocycles. The van der Waals surface area contributed by atoms with Crippen LogP contribution < -0.4 is 5.73 Å². The molecule has 106 valence electrons. The van der Waals surface area contributed by atoms with Crippen LogP contribution in [0, 0.1) is 5.92 Å². The van der Waals surface area contributed by atoms with Crippen LogP contribution in [0.3, 0.4) is 0 Å². The van der Waals surface area contributed by atoms with Gasteiger partial charge in [-0.05, 0) is 36.5 Å². The lowest BCUT2D eigenvalue weighted by molar-refractivity contribution is 0.0624. The van der Waals surface area contributed by atoms with Gasteiger partial charge in [-0.25, -0.2) is 0 Å². The zero-order valence-electron chi connectivity index (χ0n) is 11.0. The van der Waals surface area contributed by atoms with Gasteiger partial charge in [0.2, 0.25) is 0 Å². The van der Waals surface area contributed by atoms with Gasteiger partial charge < -0.3 is 10.8 Å². The smallest absolute Gasteiger partial charge is 0.0648 e. The van der Waals surface area contributed by atoms with E-state index in [1.165, 1.54) is 19.3 Å². The highest BCUT2D eigenvalue weighted by Gasteiger charge is 2.29. The zero-order chi connectivity index (χ0) is 13.8. The summed E-state index contributed by atoms with van der Waals surface area (Å²) in [7, 11) is 0. The maximum absolute atomic E-state index is 10.6. The maximum atomic E-state index is 10.6. The molecule has 0 heterocycles. The summed E-state index contributed by atoms with van der Waals surface area (Å²) in [5.74, 6) is 0.301. The van der Waals surface area contributed by atoms with Crippen molar-refractivity contribution >= 4 is 23.2 Å². The third-order valence-electron chi connectivity index (χ3n) is 4.17. The average molecular weight is 302 g/mol. The molecule has 1 aliphatic rings. The van der Waals surface area contributed by atoms with E-state index in [0.29, 0.717) is 22.5 Å². The number of aliphatic hydroxyl groups is 1. The van der Waals surface area contributed by atoms with Crippen LogP contribution in [-0.2, 0) is 0 Å². The van der Waals surface area contributed by atoms with Crippen LogP contribution >= 0.6 is 23.2 Å². The summed E-state index contributed by atoms with van der Waals surface area (Å²) >= 11 is 12.0. The molecule has 2 nitrogen and oxygen atoms in total. The first-order chi connectivity index (χ1) is 9.13. The van der Waals surface area contributed by atoms with Crippen LogP contribution in [0.25, 0.3) is 0 Å². The molecule has 1 aliphatic carbocycles. The SMILES string of the molecule is NCC(c1ccc(Cl)c(Cl)c1)C(O)C1CCCCC1. The third kappa shape index (κ3) is 3.63. The van der Waals surface area contributed by atoms with E-state index in [-0.39, 0.29) is 12.0 Å². The highest BCUT2D eigenvalue weighted by atomic mass is 35.5. The Labute approximate surface area is 124 Å². The molecule has 2 unspecified atom stereocenters. The number of aliphatic hydroxyl groups excluding tert-OH is 1. The van der Waals surface area contributed by atoms with Crippen LogP contribution in [-0.4, -0.2) is 17.8 Å². The molecule has 1 fully saturated rings. The number of benzene rings is 1. The fraction of sp³-hybridized carbons (Fsp3) is 0.600. The summed E-state index contributed by atoms with van der Waals surface area (Å²) in [5.41, 5.74) is 6.85. The highest BCUT2D eigenvalue weighted by molar-refractivity contribution is 6.42. The molecule has 19 heavy (non-hydrogen) atoms. The Kier molecular flexibility index (Phi) is 5.52. The van der Waals surface area contributed by atoms with Gasteiger partial charge in [0.1, 0.15) is 0 Å². The first-order valence-electron chi connectivity index (χ1n) is 6.96. The predicted molar refractivity (Wildman–Crippen MR) is 80.8 cm³/mol. The molecule has 0 aliphatic heterocycles. The number of halogens is 2. The van der Waals surface area contributed by atoms with E-state index in [9.17, 15) is 5.11 Å². The second-order valence-corrected chi connectivity index (χ2v) is 6.22. The van der Waals surface area contributed by atoms with Crippen LogP contribution in [0.2, 0.25) is 10.0 Å². The van der Waals surface area contributed by atoms with Gasteiger partial charge in [0.15, 0.2) is 0 Å². The van der Waals surface area contributed by atoms with E-state index in [0.717, 1.165) is 18.4 Å². The van der Waals surface area contributed by atoms with Gasteiger partial charge in [-0.2, -0.15) is 0 Å². The van der Waals surface area contributed by atoms with E-state index in [1.807, 2.05) is 12.1 Å². The van der Waals surface area contributed by atoms with E-state index >= 15 is 0 Å². The minimum absolute atomic E-state index is 0.0575. The van der Waals surface area contributed by atoms with Crippen molar-refractivity contribution in [1.82, 2.24) is 0 Å². The molecule has 3 N–H and O–H groups in total. The van der Waals surface area contributed by atoms with E-state index < -0.39 is 0 Å². The van der Waals surface area contributed by atoms with E-state index in [2.05, 4.69) is 0 Å². The van der Waals surface area contributed by atoms with Crippen molar-refractivity contribution in [3.63, 3.8) is 0 Å². The summed E-state index contributed by atoms with van der Waals surface area (Å²) in [4.78, 5) is 0. The molecule has 0 radical (unpaired) electrons. The van der Waals surface area contributed by atoms with Gasteiger partial charge in [0, 0.05) is 12.5 Å². The van der Waals surface area contributed by atoms with Crippen molar-refractivity contribution < 1.29 is 5.11 Å². The number of nitrogens with two attached hydrogens (primary N) is 1. The van der Waals surface area contributed by atoms with Gasteiger partial charge in [0.05, 0.1) is 16.1 Å². The first kappa shape index (κ1) is 15.1. The van der Waals surface area contributed by atoms with Crippen LogP contribution in [0.15, 0.2) is 18.2 Å². The Hall–Kier alpha value is -0.280. The second kappa shape index (κ2) is 6.94. The van der Waals surface area contributed by atoms with Crippen molar-refractivity contribution in [2.45, 2.75) is 44.1 Å². The summed E-state index contributed by atoms with van der Waals surface area (Å²) in [6, 6.07) is 5.51. The van der Waals surface area contributed by atoms with Crippen molar-refractivity contribution in [2.75, 3.05) is 6.54 Å². The fourth-order valence-electron chi connectivity index (χ4n) is 3.02. The minimum Gasteiger partial charge on any atom is -0.392 e. The van der Waals surface area contributed by atoms with Gasteiger partial charge in [-0.15, -0.1) is 0 Å². The van der Waals surface area contributed by atoms with E-state index in [4.69, 9.17) is 28.9 Å². The third-order valence-corrected chi connectivity index (χ3v) is 4.91. The normalized spacial score (nSPS) is 20.2. The lowest BCUT2D eigenvalue weighted by atomic mass is 9.78. The molecule has 4 heteroatoms. The van der Waals surface area contributed by atoms with Crippen LogP contribution in [0.1, 0.15) is 43.6 Å². The molecular weight excluding hydrogens is 281 g/mol. The molecule has 0 aromatic heterocycles. The average Bonchev–Trinajstić information content (AvgIpc) is 2.44. The molecule has 0 saturated heterocycles. The Morgan fingerprint density at radius 3 is 2.42 bits per heavy atom. The van der Waals surface area contributed by atoms with Crippen molar-refractivity contribution in [2.24, 2.45) is 11.7 Å². The molecule has 1 aromatic carbocycles.